The van der Waals surface area contributed by atoms with E-state index < -0.39 is 23.9 Å². The molecule has 106 valence electrons. The Labute approximate surface area is 123 Å². The van der Waals surface area contributed by atoms with E-state index in [1.54, 1.807) is 6.20 Å². The van der Waals surface area contributed by atoms with Gasteiger partial charge in [0.15, 0.2) is 6.10 Å². The van der Waals surface area contributed by atoms with E-state index in [2.05, 4.69) is 10.3 Å². The number of ether oxygens (including phenoxy) is 1. The Hall–Kier alpha value is -1.54. The van der Waals surface area contributed by atoms with Gasteiger partial charge in [0.1, 0.15) is 5.03 Å². The summed E-state index contributed by atoms with van der Waals surface area (Å²) in [6.07, 6.45) is 0.832. The van der Waals surface area contributed by atoms with E-state index in [1.165, 1.54) is 21.6 Å². The quantitative estimate of drug-likeness (QED) is 0.365. The van der Waals surface area contributed by atoms with Crippen LogP contribution < -0.4 is 5.32 Å². The van der Waals surface area contributed by atoms with Crippen LogP contribution in [0.4, 0.5) is 0 Å². The average molecular weight is 312 g/mol. The fourth-order valence-electron chi connectivity index (χ4n) is 1.47. The summed E-state index contributed by atoms with van der Waals surface area (Å²) in [7, 11) is 2.95. The minimum atomic E-state index is -0.969. The number of amides is 2. The number of imide groups is 1. The maximum absolute atomic E-state index is 11.5. The highest BCUT2D eigenvalue weighted by molar-refractivity contribution is 8.76. The molecule has 0 radical (unpaired) electrons. The molecule has 2 rings (SSSR count). The van der Waals surface area contributed by atoms with E-state index in [9.17, 15) is 14.4 Å². The first-order valence-electron chi connectivity index (χ1n) is 5.89. The van der Waals surface area contributed by atoms with Gasteiger partial charge in [-0.1, -0.05) is 16.9 Å². The molecule has 1 fully saturated rings. The zero-order valence-corrected chi connectivity index (χ0v) is 12.0. The number of carbonyl (C=O) groups is 3. The number of rotatable bonds is 6. The van der Waals surface area contributed by atoms with Gasteiger partial charge in [-0.3, -0.25) is 19.7 Å². The second kappa shape index (κ2) is 7.30. The van der Waals surface area contributed by atoms with Crippen LogP contribution in [0.5, 0.6) is 0 Å². The van der Waals surface area contributed by atoms with Gasteiger partial charge in [-0.25, -0.2) is 4.98 Å². The van der Waals surface area contributed by atoms with Crippen molar-refractivity contribution in [2.45, 2.75) is 24.0 Å². The van der Waals surface area contributed by atoms with Gasteiger partial charge in [-0.05, 0) is 22.9 Å². The standard InChI is InChI=1S/C12H12N2O4S2/c15-9-7-8(12(17)14-9)18-11(16)4-6-19-20-10-3-1-2-5-13-10/h1-3,5,8H,4,6-7H2,(H,14,15,17). The lowest BCUT2D eigenvalue weighted by atomic mass is 10.3. The number of hydrogen-bond acceptors (Lipinski definition) is 7. The number of hydrogen-bond donors (Lipinski definition) is 1. The fourth-order valence-corrected chi connectivity index (χ4v) is 3.32. The highest BCUT2D eigenvalue weighted by Gasteiger charge is 2.33. The molecule has 8 heteroatoms. The maximum Gasteiger partial charge on any atom is 0.307 e. The zero-order chi connectivity index (χ0) is 14.4. The van der Waals surface area contributed by atoms with Gasteiger partial charge in [0.05, 0.1) is 12.8 Å². The molecule has 0 bridgehead atoms. The second-order valence-corrected chi connectivity index (χ2v) is 6.35. The van der Waals surface area contributed by atoms with E-state index in [0.717, 1.165) is 5.03 Å². The van der Waals surface area contributed by atoms with Crippen LogP contribution in [0.2, 0.25) is 0 Å². The van der Waals surface area contributed by atoms with Crippen molar-refractivity contribution in [1.82, 2.24) is 10.3 Å². The fraction of sp³-hybridized carbons (Fsp3) is 0.333. The Morgan fingerprint density at radius 3 is 2.95 bits per heavy atom. The Balaban J connectivity index is 1.63. The van der Waals surface area contributed by atoms with Gasteiger partial charge < -0.3 is 4.74 Å². The Kier molecular flexibility index (Phi) is 5.42. The number of aromatic nitrogens is 1. The molecule has 1 unspecified atom stereocenters. The van der Waals surface area contributed by atoms with Crippen molar-refractivity contribution in [2.24, 2.45) is 0 Å². The van der Waals surface area contributed by atoms with Crippen molar-refractivity contribution in [1.29, 1.82) is 0 Å². The molecule has 0 aliphatic carbocycles. The van der Waals surface area contributed by atoms with E-state index in [4.69, 9.17) is 4.74 Å². The lowest BCUT2D eigenvalue weighted by Crippen LogP contribution is -2.28. The molecule has 2 heterocycles. The largest absolute Gasteiger partial charge is 0.452 e. The highest BCUT2D eigenvalue weighted by atomic mass is 33.1. The lowest BCUT2D eigenvalue weighted by Gasteiger charge is -2.08. The molecule has 1 aliphatic heterocycles. The number of esters is 1. The van der Waals surface area contributed by atoms with Crippen LogP contribution in [-0.4, -0.2) is 34.6 Å². The van der Waals surface area contributed by atoms with E-state index >= 15 is 0 Å². The molecule has 1 aromatic rings. The second-order valence-electron chi connectivity index (χ2n) is 3.92. The topological polar surface area (TPSA) is 85.4 Å². The third kappa shape index (κ3) is 4.53. The van der Waals surface area contributed by atoms with Gasteiger partial charge >= 0.3 is 5.97 Å². The molecule has 0 spiro atoms. The predicted molar refractivity (Wildman–Crippen MR) is 74.8 cm³/mol. The average Bonchev–Trinajstić information content (AvgIpc) is 2.74. The Bertz CT molecular complexity index is 509. The summed E-state index contributed by atoms with van der Waals surface area (Å²) in [5.74, 6) is -0.886. The Morgan fingerprint density at radius 1 is 1.45 bits per heavy atom. The molecular weight excluding hydrogens is 300 g/mol. The molecule has 6 nitrogen and oxygen atoms in total. The molecule has 0 saturated carbocycles. The third-order valence-electron chi connectivity index (χ3n) is 2.37. The molecule has 1 N–H and O–H groups in total. The van der Waals surface area contributed by atoms with E-state index in [-0.39, 0.29) is 12.8 Å². The molecule has 1 saturated heterocycles. The van der Waals surface area contributed by atoms with Gasteiger partial charge in [-0.15, -0.1) is 0 Å². The van der Waals surface area contributed by atoms with Crippen LogP contribution in [0.3, 0.4) is 0 Å². The van der Waals surface area contributed by atoms with Gasteiger partial charge in [0, 0.05) is 11.9 Å². The lowest BCUT2D eigenvalue weighted by molar-refractivity contribution is -0.153. The predicted octanol–water partition coefficient (Wildman–Crippen LogP) is 1.17. The van der Waals surface area contributed by atoms with Crippen LogP contribution in [-0.2, 0) is 19.1 Å². The highest BCUT2D eigenvalue weighted by Crippen LogP contribution is 2.29. The summed E-state index contributed by atoms with van der Waals surface area (Å²) in [5, 5.41) is 2.96. The van der Waals surface area contributed by atoms with Crippen LogP contribution in [0, 0.1) is 0 Å². The molecule has 20 heavy (non-hydrogen) atoms. The third-order valence-corrected chi connectivity index (χ3v) is 4.64. The zero-order valence-electron chi connectivity index (χ0n) is 10.4. The number of carbonyl (C=O) groups excluding carboxylic acids is 3. The van der Waals surface area contributed by atoms with Crippen molar-refractivity contribution < 1.29 is 19.1 Å². The summed E-state index contributed by atoms with van der Waals surface area (Å²) in [5.41, 5.74) is 0. The normalized spacial score (nSPS) is 17.9. The summed E-state index contributed by atoms with van der Waals surface area (Å²) in [6.45, 7) is 0. The van der Waals surface area contributed by atoms with Gasteiger partial charge in [0.2, 0.25) is 5.91 Å². The molecule has 1 aliphatic rings. The first-order chi connectivity index (χ1) is 9.65. The number of nitrogens with zero attached hydrogens (tertiary/aromatic N) is 1. The maximum atomic E-state index is 11.5. The van der Waals surface area contributed by atoms with Gasteiger partial charge in [0.25, 0.3) is 5.91 Å². The van der Waals surface area contributed by atoms with Crippen LogP contribution >= 0.6 is 21.6 Å². The summed E-state index contributed by atoms with van der Waals surface area (Å²) >= 11 is 0. The van der Waals surface area contributed by atoms with Crippen molar-refractivity contribution in [3.63, 3.8) is 0 Å². The summed E-state index contributed by atoms with van der Waals surface area (Å²) in [6, 6.07) is 5.60. The molecule has 0 aromatic carbocycles. The first kappa shape index (κ1) is 14.9. The smallest absolute Gasteiger partial charge is 0.307 e. The summed E-state index contributed by atoms with van der Waals surface area (Å²) < 4.78 is 4.94. The van der Waals surface area contributed by atoms with Crippen molar-refractivity contribution in [2.75, 3.05) is 5.75 Å². The summed E-state index contributed by atoms with van der Waals surface area (Å²) in [4.78, 5) is 37.8. The monoisotopic (exact) mass is 312 g/mol. The molecule has 2 amide bonds. The Morgan fingerprint density at radius 2 is 2.30 bits per heavy atom. The number of nitrogens with one attached hydrogen (secondary N) is 1. The molecule has 1 aromatic heterocycles. The van der Waals surface area contributed by atoms with Crippen LogP contribution in [0.25, 0.3) is 0 Å². The van der Waals surface area contributed by atoms with Crippen LogP contribution in [0.1, 0.15) is 12.8 Å². The van der Waals surface area contributed by atoms with Crippen molar-refractivity contribution in [3.8, 4) is 0 Å². The molecule has 1 atom stereocenters. The van der Waals surface area contributed by atoms with Crippen LogP contribution in [0.15, 0.2) is 29.4 Å². The molecular formula is C12H12N2O4S2. The first-order valence-corrected chi connectivity index (χ1v) is 8.21. The van der Waals surface area contributed by atoms with Gasteiger partial charge in [-0.2, -0.15) is 0 Å². The minimum Gasteiger partial charge on any atom is -0.452 e. The van der Waals surface area contributed by atoms with E-state index in [0.29, 0.717) is 5.75 Å². The SMILES string of the molecule is O=C1CC(OC(=O)CCSSc2ccccn2)C(=O)N1. The van der Waals surface area contributed by atoms with Crippen molar-refractivity contribution in [3.05, 3.63) is 24.4 Å². The van der Waals surface area contributed by atoms with Crippen molar-refractivity contribution >= 4 is 39.4 Å². The minimum absolute atomic E-state index is 0.0829. The number of pyridine rings is 1. The van der Waals surface area contributed by atoms with E-state index in [1.807, 2.05) is 18.2 Å².